The summed E-state index contributed by atoms with van der Waals surface area (Å²) in [7, 11) is 0. The number of benzene rings is 2. The third kappa shape index (κ3) is 4.57. The number of para-hydroxylation sites is 1. The number of ether oxygens (including phenoxy) is 1. The first-order valence-electron chi connectivity index (χ1n) is 13.1. The number of nitrogens with zero attached hydrogens (tertiary/aromatic N) is 3. The van der Waals surface area contributed by atoms with Crippen LogP contribution in [0.5, 0.6) is 0 Å². The number of aromatic nitrogens is 1. The molecule has 37 heavy (non-hydrogen) atoms. The first kappa shape index (κ1) is 23.6. The summed E-state index contributed by atoms with van der Waals surface area (Å²) in [6, 6.07) is 15.2. The van der Waals surface area contributed by atoms with E-state index in [0.717, 1.165) is 61.0 Å². The molecule has 6 rings (SSSR count). The summed E-state index contributed by atoms with van der Waals surface area (Å²) in [6.45, 7) is 2.73. The van der Waals surface area contributed by atoms with E-state index in [2.05, 4.69) is 15.2 Å². The van der Waals surface area contributed by atoms with E-state index in [4.69, 9.17) is 4.74 Å². The molecule has 3 aliphatic rings. The lowest BCUT2D eigenvalue weighted by molar-refractivity contribution is -0.125. The van der Waals surface area contributed by atoms with Gasteiger partial charge in [-0.25, -0.2) is 0 Å². The van der Waals surface area contributed by atoms with Crippen molar-refractivity contribution in [2.24, 2.45) is 5.92 Å². The van der Waals surface area contributed by atoms with Gasteiger partial charge in [0.05, 0.1) is 40.9 Å². The predicted molar refractivity (Wildman–Crippen MR) is 139 cm³/mol. The van der Waals surface area contributed by atoms with Crippen LogP contribution in [0.1, 0.15) is 52.0 Å². The fourth-order valence-corrected chi connectivity index (χ4v) is 5.68. The summed E-state index contributed by atoms with van der Waals surface area (Å²) in [5.41, 5.74) is 3.25. The maximum absolute atomic E-state index is 13.6. The molecule has 0 spiro atoms. The van der Waals surface area contributed by atoms with Crippen molar-refractivity contribution in [2.75, 3.05) is 31.1 Å². The third-order valence-electron chi connectivity index (χ3n) is 7.63. The minimum atomic E-state index is -0.297. The van der Waals surface area contributed by atoms with Gasteiger partial charge < -0.3 is 15.0 Å². The highest BCUT2D eigenvalue weighted by atomic mass is 16.5. The molecule has 3 aromatic rings. The van der Waals surface area contributed by atoms with Crippen molar-refractivity contribution >= 4 is 34.3 Å². The van der Waals surface area contributed by atoms with Crippen molar-refractivity contribution in [1.82, 2.24) is 15.2 Å². The Morgan fingerprint density at radius 2 is 1.95 bits per heavy atom. The van der Waals surface area contributed by atoms with Crippen LogP contribution in [0.3, 0.4) is 0 Å². The summed E-state index contributed by atoms with van der Waals surface area (Å²) in [4.78, 5) is 47.6. The molecule has 8 heteroatoms. The second-order valence-electron chi connectivity index (χ2n) is 10.1. The van der Waals surface area contributed by atoms with E-state index in [9.17, 15) is 14.4 Å². The zero-order valence-corrected chi connectivity index (χ0v) is 20.7. The molecule has 0 bridgehead atoms. The number of carbonyl (C=O) groups is 3. The summed E-state index contributed by atoms with van der Waals surface area (Å²) in [6.07, 6.45) is 5.49. The Balaban J connectivity index is 1.19. The van der Waals surface area contributed by atoms with E-state index in [1.54, 1.807) is 12.3 Å². The van der Waals surface area contributed by atoms with Crippen LogP contribution >= 0.6 is 0 Å². The molecule has 2 unspecified atom stereocenters. The number of fused-ring (bicyclic) bond motifs is 2. The van der Waals surface area contributed by atoms with Crippen molar-refractivity contribution in [2.45, 2.75) is 38.3 Å². The second kappa shape index (κ2) is 9.94. The number of carbonyl (C=O) groups excluding carboxylic acids is 3. The Kier molecular flexibility index (Phi) is 6.34. The van der Waals surface area contributed by atoms with Gasteiger partial charge in [0, 0.05) is 37.8 Å². The quantitative estimate of drug-likeness (QED) is 0.523. The number of amides is 3. The molecule has 0 radical (unpaired) electrons. The minimum absolute atomic E-state index is 0.0283. The molecule has 3 amide bonds. The molecule has 1 N–H and O–H groups in total. The van der Waals surface area contributed by atoms with Crippen LogP contribution in [-0.2, 0) is 16.1 Å². The van der Waals surface area contributed by atoms with Crippen LogP contribution in [0.15, 0.2) is 54.7 Å². The average molecular weight is 499 g/mol. The fraction of sp³-hybridized carbons (Fsp3) is 0.379. The molecular formula is C29H30N4O4. The summed E-state index contributed by atoms with van der Waals surface area (Å²) >= 11 is 0. The molecule has 8 nitrogen and oxygen atoms in total. The molecule has 3 aliphatic heterocycles. The zero-order valence-electron chi connectivity index (χ0n) is 20.7. The van der Waals surface area contributed by atoms with Crippen LogP contribution in [-0.4, -0.2) is 60.0 Å². The molecule has 1 aromatic heterocycles. The maximum Gasteiger partial charge on any atom is 0.263 e. The first-order valence-corrected chi connectivity index (χ1v) is 13.1. The average Bonchev–Trinajstić information content (AvgIpc) is 3.55. The zero-order chi connectivity index (χ0) is 25.4. The lowest BCUT2D eigenvalue weighted by Crippen LogP contribution is -2.45. The van der Waals surface area contributed by atoms with Gasteiger partial charge in [-0.2, -0.15) is 0 Å². The van der Waals surface area contributed by atoms with E-state index in [0.29, 0.717) is 24.2 Å². The van der Waals surface area contributed by atoms with Gasteiger partial charge >= 0.3 is 0 Å². The molecule has 0 saturated carbocycles. The number of anilines is 1. The first-order chi connectivity index (χ1) is 18.1. The molecule has 2 saturated heterocycles. The Hall–Kier alpha value is -3.78. The molecule has 4 heterocycles. The molecular weight excluding hydrogens is 468 g/mol. The van der Waals surface area contributed by atoms with Gasteiger partial charge in [-0.15, -0.1) is 0 Å². The normalized spacial score (nSPS) is 21.5. The predicted octanol–water partition coefficient (Wildman–Crippen LogP) is 3.54. The highest BCUT2D eigenvalue weighted by Crippen LogP contribution is 2.35. The summed E-state index contributed by atoms with van der Waals surface area (Å²) in [5.74, 6) is -0.731. The van der Waals surface area contributed by atoms with Gasteiger partial charge in [-0.05, 0) is 55.5 Å². The number of hydrogen-bond donors (Lipinski definition) is 1. The van der Waals surface area contributed by atoms with E-state index in [-0.39, 0.29) is 36.3 Å². The number of pyridine rings is 1. The van der Waals surface area contributed by atoms with Gasteiger partial charge in [0.15, 0.2) is 0 Å². The topological polar surface area (TPSA) is 91.8 Å². The van der Waals surface area contributed by atoms with Crippen LogP contribution in [0.2, 0.25) is 0 Å². The van der Waals surface area contributed by atoms with Gasteiger partial charge in [0.25, 0.3) is 11.8 Å². The monoisotopic (exact) mass is 498 g/mol. The molecule has 2 atom stereocenters. The van der Waals surface area contributed by atoms with Gasteiger partial charge in [0.1, 0.15) is 0 Å². The molecule has 0 aliphatic carbocycles. The Bertz CT molecular complexity index is 1370. The minimum Gasteiger partial charge on any atom is -0.376 e. The van der Waals surface area contributed by atoms with Crippen molar-refractivity contribution in [3.8, 4) is 0 Å². The standard InChI is InChI=1S/C29H30N4O4/c34-27(31-16-22-8-5-13-37-22)21-7-4-12-32(18-21)25-11-3-9-23-26(25)29(36)33(28(23)35)17-19-14-20-6-1-2-10-24(20)30-15-19/h1-3,6,9-11,14-15,21-22H,4-5,7-8,12-13,16-18H2,(H,31,34). The highest BCUT2D eigenvalue weighted by Gasteiger charge is 2.39. The van der Waals surface area contributed by atoms with Crippen molar-refractivity contribution in [3.63, 3.8) is 0 Å². The Morgan fingerprint density at radius 3 is 2.81 bits per heavy atom. The number of piperidine rings is 1. The van der Waals surface area contributed by atoms with E-state index in [1.807, 2.05) is 42.5 Å². The van der Waals surface area contributed by atoms with Gasteiger partial charge in [-0.1, -0.05) is 24.3 Å². The maximum atomic E-state index is 13.6. The van der Waals surface area contributed by atoms with Crippen LogP contribution in [0.25, 0.3) is 10.9 Å². The van der Waals surface area contributed by atoms with Crippen molar-refractivity contribution in [1.29, 1.82) is 0 Å². The number of hydrogen-bond acceptors (Lipinski definition) is 6. The SMILES string of the molecule is O=C(NCC1CCCO1)C1CCCN(c2cccc3c2C(=O)N(Cc2cnc4ccccc4c2)C3=O)C1. The second-order valence-corrected chi connectivity index (χ2v) is 10.1. The lowest BCUT2D eigenvalue weighted by Gasteiger charge is -2.34. The smallest absolute Gasteiger partial charge is 0.263 e. The molecule has 2 fully saturated rings. The van der Waals surface area contributed by atoms with E-state index >= 15 is 0 Å². The van der Waals surface area contributed by atoms with Crippen LogP contribution in [0, 0.1) is 5.92 Å². The molecule has 2 aromatic carbocycles. The van der Waals surface area contributed by atoms with Crippen molar-refractivity contribution < 1.29 is 19.1 Å². The fourth-order valence-electron chi connectivity index (χ4n) is 5.68. The Morgan fingerprint density at radius 1 is 1.05 bits per heavy atom. The van der Waals surface area contributed by atoms with Gasteiger partial charge in [-0.3, -0.25) is 24.3 Å². The Labute approximate surface area is 215 Å². The lowest BCUT2D eigenvalue weighted by atomic mass is 9.95. The number of rotatable bonds is 6. The summed E-state index contributed by atoms with van der Waals surface area (Å²) < 4.78 is 5.62. The van der Waals surface area contributed by atoms with E-state index < -0.39 is 0 Å². The molecule has 190 valence electrons. The third-order valence-corrected chi connectivity index (χ3v) is 7.63. The van der Waals surface area contributed by atoms with E-state index in [1.165, 1.54) is 4.90 Å². The van der Waals surface area contributed by atoms with Crippen molar-refractivity contribution in [3.05, 3.63) is 71.4 Å². The summed E-state index contributed by atoms with van der Waals surface area (Å²) in [5, 5.41) is 4.02. The largest absolute Gasteiger partial charge is 0.376 e. The van der Waals surface area contributed by atoms with Crippen LogP contribution < -0.4 is 10.2 Å². The van der Waals surface area contributed by atoms with Crippen LogP contribution in [0.4, 0.5) is 5.69 Å². The number of imide groups is 1. The number of nitrogens with one attached hydrogen (secondary N) is 1. The van der Waals surface area contributed by atoms with Gasteiger partial charge in [0.2, 0.25) is 5.91 Å². The highest BCUT2D eigenvalue weighted by molar-refractivity contribution is 6.23.